The Morgan fingerprint density at radius 3 is 1.47 bits per heavy atom. The smallest absolute Gasteiger partial charge is 0.164 e. The van der Waals surface area contributed by atoms with Crippen LogP contribution in [0.15, 0.2) is 182 Å². The molecule has 0 fully saturated rings. The van der Waals surface area contributed by atoms with Crippen molar-refractivity contribution in [1.82, 2.24) is 19.9 Å². The van der Waals surface area contributed by atoms with Gasteiger partial charge >= 0.3 is 0 Å². The predicted molar refractivity (Wildman–Crippen MR) is 221 cm³/mol. The highest BCUT2D eigenvalue weighted by molar-refractivity contribution is 7.22. The summed E-state index contributed by atoms with van der Waals surface area (Å²) in [6.45, 7) is 0. The number of hydrogen-bond acceptors (Lipinski definition) is 5. The summed E-state index contributed by atoms with van der Waals surface area (Å²) >= 11 is 1.74. The monoisotopic (exact) mass is 694 g/mol. The second-order valence-electron chi connectivity index (χ2n) is 13.1. The van der Waals surface area contributed by atoms with Gasteiger partial charge in [0.1, 0.15) is 5.01 Å². The van der Waals surface area contributed by atoms with Gasteiger partial charge in [-0.2, -0.15) is 0 Å². The lowest BCUT2D eigenvalue weighted by Gasteiger charge is -2.11. The number of aromatic nitrogens is 4. The van der Waals surface area contributed by atoms with E-state index in [1.165, 1.54) is 32.0 Å². The van der Waals surface area contributed by atoms with Crippen molar-refractivity contribution in [3.05, 3.63) is 182 Å². The molecular formula is C48H30N4S. The minimum absolute atomic E-state index is 0.633. The zero-order valence-electron chi connectivity index (χ0n) is 28.5. The molecule has 0 aliphatic rings. The van der Waals surface area contributed by atoms with Crippen molar-refractivity contribution in [3.63, 3.8) is 0 Å². The lowest BCUT2D eigenvalue weighted by atomic mass is 9.99. The fourth-order valence-corrected chi connectivity index (χ4v) is 8.07. The SMILES string of the molecule is c1ccc(-c2ccc3cc(-c4nc(-c5ccccc5)nc(-c5cccc(-c6ccc7ccc8nc(-c9ccccc9)sc8c7c6)c5)n4)ccc3c2)cc1. The molecule has 0 amide bonds. The van der Waals surface area contributed by atoms with Crippen LogP contribution in [0.2, 0.25) is 0 Å². The van der Waals surface area contributed by atoms with Crippen LogP contribution in [-0.4, -0.2) is 19.9 Å². The Morgan fingerprint density at radius 2 is 0.774 bits per heavy atom. The summed E-state index contributed by atoms with van der Waals surface area (Å²) in [6, 6.07) is 63.5. The molecule has 10 rings (SSSR count). The minimum Gasteiger partial charge on any atom is -0.236 e. The normalized spacial score (nSPS) is 11.4. The van der Waals surface area contributed by atoms with Gasteiger partial charge in [0.15, 0.2) is 17.5 Å². The first-order valence-corrected chi connectivity index (χ1v) is 18.4. The highest BCUT2D eigenvalue weighted by atomic mass is 32.1. The molecule has 8 aromatic carbocycles. The molecule has 0 unspecified atom stereocenters. The van der Waals surface area contributed by atoms with Crippen LogP contribution in [0, 0.1) is 0 Å². The Kier molecular flexibility index (Phi) is 7.63. The van der Waals surface area contributed by atoms with Crippen LogP contribution in [-0.2, 0) is 0 Å². The van der Waals surface area contributed by atoms with Crippen LogP contribution in [0.3, 0.4) is 0 Å². The van der Waals surface area contributed by atoms with Crippen LogP contribution in [0.25, 0.3) is 98.7 Å². The Morgan fingerprint density at radius 1 is 0.302 bits per heavy atom. The van der Waals surface area contributed by atoms with E-state index >= 15 is 0 Å². The van der Waals surface area contributed by atoms with Crippen molar-refractivity contribution >= 4 is 43.1 Å². The Bertz CT molecular complexity index is 2940. The maximum atomic E-state index is 5.10. The van der Waals surface area contributed by atoms with E-state index in [4.69, 9.17) is 19.9 Å². The molecule has 5 heteroatoms. The molecule has 0 saturated carbocycles. The number of rotatable bonds is 6. The molecule has 53 heavy (non-hydrogen) atoms. The van der Waals surface area contributed by atoms with Gasteiger partial charge in [-0.1, -0.05) is 152 Å². The fraction of sp³-hybridized carbons (Fsp3) is 0. The molecule has 248 valence electrons. The van der Waals surface area contributed by atoms with E-state index in [-0.39, 0.29) is 0 Å². The van der Waals surface area contributed by atoms with Crippen LogP contribution in [0.4, 0.5) is 0 Å². The van der Waals surface area contributed by atoms with E-state index in [0.717, 1.165) is 49.3 Å². The van der Waals surface area contributed by atoms with Gasteiger partial charge in [-0.25, -0.2) is 19.9 Å². The molecule has 0 atom stereocenters. The van der Waals surface area contributed by atoms with E-state index < -0.39 is 0 Å². The quantitative estimate of drug-likeness (QED) is 0.174. The lowest BCUT2D eigenvalue weighted by molar-refractivity contribution is 1.07. The third-order valence-electron chi connectivity index (χ3n) is 9.72. The van der Waals surface area contributed by atoms with Gasteiger partial charge in [0.25, 0.3) is 0 Å². The number of nitrogens with zero attached hydrogens (tertiary/aromatic N) is 4. The molecule has 0 aliphatic carbocycles. The van der Waals surface area contributed by atoms with Crippen LogP contribution < -0.4 is 0 Å². The molecule has 0 spiro atoms. The number of thiazole rings is 1. The number of hydrogen-bond donors (Lipinski definition) is 0. The number of fused-ring (bicyclic) bond motifs is 4. The molecule has 10 aromatic rings. The van der Waals surface area contributed by atoms with Gasteiger partial charge in [-0.3, -0.25) is 0 Å². The summed E-state index contributed by atoms with van der Waals surface area (Å²) in [4.78, 5) is 20.1. The summed E-state index contributed by atoms with van der Waals surface area (Å²) in [5.41, 5.74) is 9.59. The molecule has 2 aromatic heterocycles. The first-order valence-electron chi connectivity index (χ1n) is 17.6. The lowest BCUT2D eigenvalue weighted by Crippen LogP contribution is -2.00. The first kappa shape index (κ1) is 31.0. The first-order chi connectivity index (χ1) is 26.2. The average Bonchev–Trinajstić information content (AvgIpc) is 3.69. The van der Waals surface area contributed by atoms with Crippen molar-refractivity contribution in [2.45, 2.75) is 0 Å². The topological polar surface area (TPSA) is 51.6 Å². The Hall–Kier alpha value is -6.82. The molecule has 2 heterocycles. The van der Waals surface area contributed by atoms with Gasteiger partial charge < -0.3 is 0 Å². The minimum atomic E-state index is 0.633. The van der Waals surface area contributed by atoms with Crippen molar-refractivity contribution in [2.24, 2.45) is 0 Å². The average molecular weight is 695 g/mol. The summed E-state index contributed by atoms with van der Waals surface area (Å²) in [7, 11) is 0. The third kappa shape index (κ3) is 5.93. The van der Waals surface area contributed by atoms with Crippen molar-refractivity contribution in [1.29, 1.82) is 0 Å². The van der Waals surface area contributed by atoms with Crippen molar-refractivity contribution < 1.29 is 0 Å². The molecular weight excluding hydrogens is 665 g/mol. The van der Waals surface area contributed by atoms with E-state index in [1.54, 1.807) is 11.3 Å². The van der Waals surface area contributed by atoms with E-state index in [1.807, 2.05) is 42.5 Å². The molecule has 0 aliphatic heterocycles. The third-order valence-corrected chi connectivity index (χ3v) is 10.9. The summed E-state index contributed by atoms with van der Waals surface area (Å²) in [5.74, 6) is 1.91. The second-order valence-corrected chi connectivity index (χ2v) is 14.1. The highest BCUT2D eigenvalue weighted by Crippen LogP contribution is 2.37. The van der Waals surface area contributed by atoms with Crippen molar-refractivity contribution in [2.75, 3.05) is 0 Å². The van der Waals surface area contributed by atoms with Gasteiger partial charge in [0.05, 0.1) is 10.2 Å². The van der Waals surface area contributed by atoms with E-state index in [2.05, 4.69) is 140 Å². The second kappa shape index (κ2) is 13.1. The molecule has 0 bridgehead atoms. The van der Waals surface area contributed by atoms with Gasteiger partial charge in [-0.15, -0.1) is 11.3 Å². The summed E-state index contributed by atoms with van der Waals surface area (Å²) in [5, 5.41) is 5.73. The van der Waals surface area contributed by atoms with E-state index in [9.17, 15) is 0 Å². The predicted octanol–water partition coefficient (Wildman–Crippen LogP) is 12.8. The summed E-state index contributed by atoms with van der Waals surface area (Å²) < 4.78 is 1.20. The molecule has 0 saturated heterocycles. The van der Waals surface area contributed by atoms with Gasteiger partial charge in [0.2, 0.25) is 0 Å². The van der Waals surface area contributed by atoms with Crippen molar-refractivity contribution in [3.8, 4) is 67.0 Å². The maximum Gasteiger partial charge on any atom is 0.164 e. The highest BCUT2D eigenvalue weighted by Gasteiger charge is 2.15. The zero-order chi connectivity index (χ0) is 35.1. The van der Waals surface area contributed by atoms with E-state index in [0.29, 0.717) is 17.5 Å². The Balaban J connectivity index is 1.06. The zero-order valence-corrected chi connectivity index (χ0v) is 29.3. The molecule has 0 N–H and O–H groups in total. The van der Waals surface area contributed by atoms with Crippen LogP contribution in [0.1, 0.15) is 0 Å². The number of benzene rings is 8. The van der Waals surface area contributed by atoms with Gasteiger partial charge in [0, 0.05) is 27.6 Å². The van der Waals surface area contributed by atoms with Crippen LogP contribution in [0.5, 0.6) is 0 Å². The summed E-state index contributed by atoms with van der Waals surface area (Å²) in [6.07, 6.45) is 0. The Labute approximate surface area is 310 Å². The van der Waals surface area contributed by atoms with Gasteiger partial charge in [-0.05, 0) is 68.7 Å². The molecule has 4 nitrogen and oxygen atoms in total. The largest absolute Gasteiger partial charge is 0.236 e. The standard InChI is InChI=1S/C48H30N4S/c1-4-11-31(12-5-1)36-21-22-38-29-41(24-23-37(38)27-36)47-51-45(33-13-6-2-7-14-33)50-46(52-47)40-18-10-17-35(28-40)39-20-19-32-25-26-43-44(42(32)30-39)53-48(49-43)34-15-8-3-9-16-34/h1-30H. The maximum absolute atomic E-state index is 5.10. The molecule has 0 radical (unpaired) electrons. The van der Waals surface area contributed by atoms with Crippen LogP contribution >= 0.6 is 11.3 Å². The fourth-order valence-electron chi connectivity index (χ4n) is 6.97.